The van der Waals surface area contributed by atoms with Crippen molar-refractivity contribution in [3.05, 3.63) is 34.1 Å². The minimum absolute atomic E-state index is 0.0775. The van der Waals surface area contributed by atoms with Crippen LogP contribution in [0.25, 0.3) is 0 Å². The summed E-state index contributed by atoms with van der Waals surface area (Å²) in [6, 6.07) is 0. The van der Waals surface area contributed by atoms with Gasteiger partial charge in [0.1, 0.15) is 18.0 Å². The number of hydrogen-bond donors (Lipinski definition) is 3. The van der Waals surface area contributed by atoms with Gasteiger partial charge in [-0.2, -0.15) is 4.98 Å². The van der Waals surface area contributed by atoms with Gasteiger partial charge in [-0.05, 0) is 6.92 Å². The molecule has 0 amide bonds. The molecule has 104 valence electrons. The maximum absolute atomic E-state index is 12.7. The molecule has 1 aromatic heterocycles. The molecule has 0 saturated carbocycles. The first-order valence-corrected chi connectivity index (χ1v) is 5.59. The van der Waals surface area contributed by atoms with E-state index in [1.54, 1.807) is 6.92 Å². The number of ether oxygens (including phenoxy) is 1. The predicted molar refractivity (Wildman–Crippen MR) is 63.8 cm³/mol. The SMILES string of the molecule is Cc1cn(C2OC(CO)C(=CF)C2O)c(=O)nc1N. The van der Waals surface area contributed by atoms with Gasteiger partial charge in [-0.25, -0.2) is 9.18 Å². The average molecular weight is 271 g/mol. The summed E-state index contributed by atoms with van der Waals surface area (Å²) >= 11 is 0. The molecule has 19 heavy (non-hydrogen) atoms. The van der Waals surface area contributed by atoms with E-state index in [1.807, 2.05) is 0 Å². The number of aliphatic hydroxyl groups excluding tert-OH is 2. The third-order valence-corrected chi connectivity index (χ3v) is 3.03. The van der Waals surface area contributed by atoms with Gasteiger partial charge < -0.3 is 20.7 Å². The second-order valence-electron chi connectivity index (χ2n) is 4.25. The first-order chi connectivity index (χ1) is 8.99. The Labute approximate surface area is 107 Å². The fourth-order valence-corrected chi connectivity index (χ4v) is 1.94. The molecule has 3 atom stereocenters. The van der Waals surface area contributed by atoms with Gasteiger partial charge in [0.2, 0.25) is 0 Å². The summed E-state index contributed by atoms with van der Waals surface area (Å²) in [5, 5.41) is 19.0. The Morgan fingerprint density at radius 1 is 1.68 bits per heavy atom. The molecule has 7 nitrogen and oxygen atoms in total. The zero-order chi connectivity index (χ0) is 14.2. The lowest BCUT2D eigenvalue weighted by atomic mass is 10.1. The number of anilines is 1. The first kappa shape index (κ1) is 13.7. The van der Waals surface area contributed by atoms with E-state index >= 15 is 0 Å². The first-order valence-electron chi connectivity index (χ1n) is 5.59. The Kier molecular flexibility index (Phi) is 3.65. The monoisotopic (exact) mass is 271 g/mol. The summed E-state index contributed by atoms with van der Waals surface area (Å²) in [6.07, 6.45) is -1.96. The largest absolute Gasteiger partial charge is 0.393 e. The van der Waals surface area contributed by atoms with Crippen molar-refractivity contribution in [3.63, 3.8) is 0 Å². The fourth-order valence-electron chi connectivity index (χ4n) is 1.94. The molecule has 0 bridgehead atoms. The van der Waals surface area contributed by atoms with Gasteiger partial charge in [0.25, 0.3) is 0 Å². The van der Waals surface area contributed by atoms with Crippen LogP contribution in [0.15, 0.2) is 22.9 Å². The summed E-state index contributed by atoms with van der Waals surface area (Å²) in [4.78, 5) is 15.3. The minimum atomic E-state index is -1.37. The maximum atomic E-state index is 12.7. The van der Waals surface area contributed by atoms with Crippen LogP contribution in [-0.4, -0.2) is 38.6 Å². The molecule has 1 aromatic rings. The van der Waals surface area contributed by atoms with Crippen molar-refractivity contribution < 1.29 is 19.3 Å². The number of nitrogens with zero attached hydrogens (tertiary/aromatic N) is 2. The summed E-state index contributed by atoms with van der Waals surface area (Å²) in [7, 11) is 0. The molecule has 0 aliphatic carbocycles. The van der Waals surface area contributed by atoms with Gasteiger partial charge in [-0.1, -0.05) is 0 Å². The summed E-state index contributed by atoms with van der Waals surface area (Å²) < 4.78 is 19.0. The van der Waals surface area contributed by atoms with Crippen LogP contribution in [0, 0.1) is 6.92 Å². The van der Waals surface area contributed by atoms with Crippen LogP contribution in [-0.2, 0) is 4.74 Å². The van der Waals surface area contributed by atoms with E-state index in [9.17, 15) is 14.3 Å². The van der Waals surface area contributed by atoms with Gasteiger partial charge in [0, 0.05) is 17.3 Å². The van der Waals surface area contributed by atoms with E-state index in [2.05, 4.69) is 4.98 Å². The lowest BCUT2D eigenvalue weighted by molar-refractivity contribution is -0.0527. The highest BCUT2D eigenvalue weighted by atomic mass is 19.1. The molecule has 8 heteroatoms. The Morgan fingerprint density at radius 3 is 2.89 bits per heavy atom. The highest BCUT2D eigenvalue weighted by molar-refractivity contribution is 5.35. The van der Waals surface area contributed by atoms with E-state index in [0.29, 0.717) is 5.56 Å². The molecule has 4 N–H and O–H groups in total. The number of aliphatic hydroxyl groups is 2. The lowest BCUT2D eigenvalue weighted by Crippen LogP contribution is -2.32. The quantitative estimate of drug-likeness (QED) is 0.652. The molecule has 1 aliphatic rings. The second-order valence-corrected chi connectivity index (χ2v) is 4.25. The lowest BCUT2D eigenvalue weighted by Gasteiger charge is -2.17. The van der Waals surface area contributed by atoms with E-state index < -0.39 is 30.7 Å². The number of aromatic nitrogens is 2. The van der Waals surface area contributed by atoms with Crippen molar-refractivity contribution in [1.29, 1.82) is 0 Å². The summed E-state index contributed by atoms with van der Waals surface area (Å²) in [6.45, 7) is 1.13. The van der Waals surface area contributed by atoms with Crippen LogP contribution in [0.4, 0.5) is 10.2 Å². The Bertz CT molecular complexity index is 572. The van der Waals surface area contributed by atoms with E-state index in [0.717, 1.165) is 4.57 Å². The third-order valence-electron chi connectivity index (χ3n) is 3.03. The molecule has 0 aromatic carbocycles. The van der Waals surface area contributed by atoms with E-state index in [4.69, 9.17) is 15.6 Å². The van der Waals surface area contributed by atoms with Crippen molar-refractivity contribution in [2.45, 2.75) is 25.4 Å². The van der Waals surface area contributed by atoms with Crippen LogP contribution in [0.5, 0.6) is 0 Å². The number of hydrogen-bond acceptors (Lipinski definition) is 6. The number of aryl methyl sites for hydroxylation is 1. The van der Waals surface area contributed by atoms with Crippen LogP contribution < -0.4 is 11.4 Å². The highest BCUT2D eigenvalue weighted by Gasteiger charge is 2.40. The standard InChI is InChI=1S/C11H14FN3O4/c1-5-3-15(11(18)14-9(5)13)10-8(17)6(2-12)7(4-16)19-10/h2-3,7-8,10,16-17H,4H2,1H3,(H2,13,14,18). The Hall–Kier alpha value is -1.77. The fraction of sp³-hybridized carbons (Fsp3) is 0.455. The Morgan fingerprint density at radius 2 is 2.37 bits per heavy atom. The number of halogens is 1. The normalized spacial score (nSPS) is 29.1. The molecule has 1 saturated heterocycles. The molecule has 3 unspecified atom stereocenters. The van der Waals surface area contributed by atoms with Gasteiger partial charge in [0.15, 0.2) is 6.23 Å². The van der Waals surface area contributed by atoms with Crippen molar-refractivity contribution in [2.75, 3.05) is 12.3 Å². The van der Waals surface area contributed by atoms with Gasteiger partial charge in [0.05, 0.1) is 12.9 Å². The molecular weight excluding hydrogens is 257 g/mol. The summed E-state index contributed by atoms with van der Waals surface area (Å²) in [5.74, 6) is 0.0775. The number of rotatable bonds is 2. The van der Waals surface area contributed by atoms with Crippen molar-refractivity contribution in [3.8, 4) is 0 Å². The number of nitrogens with two attached hydrogens (primary N) is 1. The van der Waals surface area contributed by atoms with Crippen molar-refractivity contribution >= 4 is 5.82 Å². The summed E-state index contributed by atoms with van der Waals surface area (Å²) in [5.41, 5.74) is 5.18. The predicted octanol–water partition coefficient (Wildman–Crippen LogP) is -0.762. The van der Waals surface area contributed by atoms with Gasteiger partial charge in [-0.15, -0.1) is 0 Å². The molecule has 2 rings (SSSR count). The Balaban J connectivity index is 2.44. The third kappa shape index (κ3) is 2.25. The molecule has 0 radical (unpaired) electrons. The topological polar surface area (TPSA) is 111 Å². The average Bonchev–Trinajstić information content (AvgIpc) is 2.70. The minimum Gasteiger partial charge on any atom is -0.393 e. The van der Waals surface area contributed by atoms with E-state index in [-0.39, 0.29) is 17.7 Å². The van der Waals surface area contributed by atoms with Gasteiger partial charge in [-0.3, -0.25) is 4.57 Å². The number of nitrogen functional groups attached to an aromatic ring is 1. The smallest absolute Gasteiger partial charge is 0.351 e. The highest BCUT2D eigenvalue weighted by Crippen LogP contribution is 2.32. The van der Waals surface area contributed by atoms with Crippen molar-refractivity contribution in [1.82, 2.24) is 9.55 Å². The van der Waals surface area contributed by atoms with E-state index in [1.165, 1.54) is 6.20 Å². The van der Waals surface area contributed by atoms with Crippen LogP contribution >= 0.6 is 0 Å². The van der Waals surface area contributed by atoms with Crippen LogP contribution in [0.2, 0.25) is 0 Å². The molecule has 1 aliphatic heterocycles. The second kappa shape index (κ2) is 5.08. The maximum Gasteiger partial charge on any atom is 0.351 e. The zero-order valence-corrected chi connectivity index (χ0v) is 10.2. The van der Waals surface area contributed by atoms with Gasteiger partial charge >= 0.3 is 5.69 Å². The molecule has 2 heterocycles. The van der Waals surface area contributed by atoms with Crippen molar-refractivity contribution in [2.24, 2.45) is 0 Å². The van der Waals surface area contributed by atoms with Crippen LogP contribution in [0.1, 0.15) is 11.8 Å². The molecule has 0 spiro atoms. The molecule has 1 fully saturated rings. The van der Waals surface area contributed by atoms with Crippen LogP contribution in [0.3, 0.4) is 0 Å². The molecular formula is C11H14FN3O4. The zero-order valence-electron chi connectivity index (χ0n) is 10.2.